The molecule has 1 amide bonds. The fourth-order valence-corrected chi connectivity index (χ4v) is 1.57. The van der Waals surface area contributed by atoms with Crippen LogP contribution in [-0.2, 0) is 0 Å². The van der Waals surface area contributed by atoms with Gasteiger partial charge >= 0.3 is 0 Å². The minimum atomic E-state index is -0.626. The van der Waals surface area contributed by atoms with Crippen molar-refractivity contribution in [2.45, 2.75) is 0 Å². The Hall–Kier alpha value is -2.19. The van der Waals surface area contributed by atoms with Gasteiger partial charge in [-0.25, -0.2) is 0 Å². The molecule has 0 aliphatic carbocycles. The molecule has 0 aliphatic heterocycles. The molecule has 1 rings (SSSR count). The van der Waals surface area contributed by atoms with Gasteiger partial charge in [-0.2, -0.15) is 0 Å². The standard InChI is InChI=1S/C11H15N3O5/c12-10-2-1-8(14(18)19)7-9(10)11(17)13(3-5-15)4-6-16/h1-2,7,15-16H,3-6,12H2. The number of benzene rings is 1. The summed E-state index contributed by atoms with van der Waals surface area (Å²) in [7, 11) is 0. The number of anilines is 1. The van der Waals surface area contributed by atoms with Crippen LogP contribution in [0.25, 0.3) is 0 Å². The number of aliphatic hydroxyl groups excluding tert-OH is 2. The van der Waals surface area contributed by atoms with Crippen molar-refractivity contribution < 1.29 is 19.9 Å². The van der Waals surface area contributed by atoms with Crippen molar-refractivity contribution in [2.75, 3.05) is 32.0 Å². The Labute approximate surface area is 109 Å². The van der Waals surface area contributed by atoms with E-state index in [9.17, 15) is 14.9 Å². The lowest BCUT2D eigenvalue weighted by molar-refractivity contribution is -0.384. The predicted molar refractivity (Wildman–Crippen MR) is 67.6 cm³/mol. The lowest BCUT2D eigenvalue weighted by atomic mass is 10.1. The minimum absolute atomic E-state index is 0.0154. The summed E-state index contributed by atoms with van der Waals surface area (Å²) < 4.78 is 0. The van der Waals surface area contributed by atoms with Crippen molar-refractivity contribution in [1.82, 2.24) is 4.90 Å². The molecule has 0 aromatic heterocycles. The zero-order valence-electron chi connectivity index (χ0n) is 10.2. The summed E-state index contributed by atoms with van der Waals surface area (Å²) in [6.07, 6.45) is 0. The Kier molecular flexibility index (Phi) is 5.22. The number of nitrogens with zero attached hydrogens (tertiary/aromatic N) is 2. The predicted octanol–water partition coefficient (Wildman–Crippen LogP) is -0.396. The molecule has 1 aromatic rings. The Morgan fingerprint density at radius 3 is 2.37 bits per heavy atom. The molecule has 8 nitrogen and oxygen atoms in total. The number of nitro benzene ring substituents is 1. The number of non-ortho nitro benzene ring substituents is 1. The highest BCUT2D eigenvalue weighted by molar-refractivity contribution is 5.99. The summed E-state index contributed by atoms with van der Waals surface area (Å²) in [6, 6.07) is 3.56. The number of rotatable bonds is 6. The topological polar surface area (TPSA) is 130 Å². The number of amides is 1. The highest BCUT2D eigenvalue weighted by atomic mass is 16.6. The van der Waals surface area contributed by atoms with Gasteiger partial charge in [0.1, 0.15) is 0 Å². The molecule has 0 bridgehead atoms. The summed E-state index contributed by atoms with van der Waals surface area (Å²) in [5, 5.41) is 28.4. The number of nitrogens with two attached hydrogens (primary N) is 1. The maximum absolute atomic E-state index is 12.1. The van der Waals surface area contributed by atoms with E-state index in [0.717, 1.165) is 6.07 Å². The summed E-state index contributed by atoms with van der Waals surface area (Å²) in [5.74, 6) is -0.565. The van der Waals surface area contributed by atoms with E-state index in [0.29, 0.717) is 0 Å². The molecule has 0 radical (unpaired) electrons. The third kappa shape index (κ3) is 3.63. The number of carbonyl (C=O) groups is 1. The summed E-state index contributed by atoms with van der Waals surface area (Å²) in [6.45, 7) is -0.524. The van der Waals surface area contributed by atoms with Crippen LogP contribution in [0.4, 0.5) is 11.4 Å². The van der Waals surface area contributed by atoms with Crippen molar-refractivity contribution in [3.8, 4) is 0 Å². The van der Waals surface area contributed by atoms with Gasteiger partial charge in [-0.05, 0) is 6.07 Å². The molecule has 4 N–H and O–H groups in total. The number of nitro groups is 1. The zero-order chi connectivity index (χ0) is 14.4. The van der Waals surface area contributed by atoms with Gasteiger partial charge in [-0.1, -0.05) is 0 Å². The van der Waals surface area contributed by atoms with Crippen LogP contribution in [0.1, 0.15) is 10.4 Å². The van der Waals surface area contributed by atoms with Crippen LogP contribution >= 0.6 is 0 Å². The van der Waals surface area contributed by atoms with Crippen molar-refractivity contribution in [3.05, 3.63) is 33.9 Å². The van der Waals surface area contributed by atoms with Gasteiger partial charge in [0.05, 0.1) is 23.7 Å². The van der Waals surface area contributed by atoms with Gasteiger partial charge < -0.3 is 20.8 Å². The van der Waals surface area contributed by atoms with Gasteiger partial charge in [0.25, 0.3) is 11.6 Å². The first kappa shape index (κ1) is 14.9. The zero-order valence-corrected chi connectivity index (χ0v) is 10.2. The monoisotopic (exact) mass is 269 g/mol. The fourth-order valence-electron chi connectivity index (χ4n) is 1.57. The number of nitrogen functional groups attached to an aromatic ring is 1. The van der Waals surface area contributed by atoms with Gasteiger partial charge in [-0.3, -0.25) is 14.9 Å². The lowest BCUT2D eigenvalue weighted by Crippen LogP contribution is -2.36. The molecule has 19 heavy (non-hydrogen) atoms. The summed E-state index contributed by atoms with van der Waals surface area (Å²) in [5.41, 5.74) is 5.47. The maximum atomic E-state index is 12.1. The smallest absolute Gasteiger partial charge is 0.270 e. The van der Waals surface area contributed by atoms with Crippen LogP contribution in [-0.4, -0.2) is 52.2 Å². The first-order chi connectivity index (χ1) is 9.01. The molecule has 0 unspecified atom stereocenters. The first-order valence-electron chi connectivity index (χ1n) is 5.56. The molecule has 0 saturated heterocycles. The molecule has 1 aromatic carbocycles. The van der Waals surface area contributed by atoms with E-state index in [2.05, 4.69) is 0 Å². The Bertz CT molecular complexity index is 471. The molecule has 0 saturated carbocycles. The second-order valence-electron chi connectivity index (χ2n) is 3.77. The molecule has 104 valence electrons. The quantitative estimate of drug-likeness (QED) is 0.366. The Morgan fingerprint density at radius 1 is 1.32 bits per heavy atom. The van der Waals surface area contributed by atoms with Crippen LogP contribution in [0.15, 0.2) is 18.2 Å². The largest absolute Gasteiger partial charge is 0.398 e. The average Bonchev–Trinajstić information content (AvgIpc) is 2.38. The molecule has 0 heterocycles. The van der Waals surface area contributed by atoms with Gasteiger partial charge in [0.2, 0.25) is 0 Å². The minimum Gasteiger partial charge on any atom is -0.398 e. The molecule has 0 aliphatic rings. The number of hydrogen-bond acceptors (Lipinski definition) is 6. The SMILES string of the molecule is Nc1ccc([N+](=O)[O-])cc1C(=O)N(CCO)CCO. The van der Waals surface area contributed by atoms with Gasteiger partial charge in [-0.15, -0.1) is 0 Å². The number of carbonyl (C=O) groups excluding carboxylic acids is 1. The van der Waals surface area contributed by atoms with E-state index >= 15 is 0 Å². The van der Waals surface area contributed by atoms with Crippen LogP contribution in [0.3, 0.4) is 0 Å². The number of aliphatic hydroxyl groups is 2. The van der Waals surface area contributed by atoms with E-state index < -0.39 is 10.8 Å². The molecular weight excluding hydrogens is 254 g/mol. The third-order valence-corrected chi connectivity index (χ3v) is 2.51. The van der Waals surface area contributed by atoms with Gasteiger partial charge in [0.15, 0.2) is 0 Å². The highest BCUT2D eigenvalue weighted by Crippen LogP contribution is 2.21. The van der Waals surface area contributed by atoms with Crippen molar-refractivity contribution in [3.63, 3.8) is 0 Å². The molecular formula is C11H15N3O5. The average molecular weight is 269 g/mol. The van der Waals surface area contributed by atoms with E-state index in [4.69, 9.17) is 15.9 Å². The van der Waals surface area contributed by atoms with Crippen molar-refractivity contribution in [1.29, 1.82) is 0 Å². The first-order valence-corrected chi connectivity index (χ1v) is 5.56. The molecule has 8 heteroatoms. The number of hydrogen-bond donors (Lipinski definition) is 3. The molecule has 0 fully saturated rings. The summed E-state index contributed by atoms with van der Waals surface area (Å²) >= 11 is 0. The van der Waals surface area contributed by atoms with Crippen LogP contribution in [0.2, 0.25) is 0 Å². The second-order valence-corrected chi connectivity index (χ2v) is 3.77. The van der Waals surface area contributed by atoms with E-state index in [1.807, 2.05) is 0 Å². The highest BCUT2D eigenvalue weighted by Gasteiger charge is 2.20. The maximum Gasteiger partial charge on any atom is 0.270 e. The Balaban J connectivity index is 3.08. The second kappa shape index (κ2) is 6.66. The third-order valence-electron chi connectivity index (χ3n) is 2.51. The van der Waals surface area contributed by atoms with Crippen LogP contribution < -0.4 is 5.73 Å². The van der Waals surface area contributed by atoms with Crippen molar-refractivity contribution in [2.24, 2.45) is 0 Å². The fraction of sp³-hybridized carbons (Fsp3) is 0.364. The van der Waals surface area contributed by atoms with E-state index in [1.54, 1.807) is 0 Å². The van der Waals surface area contributed by atoms with E-state index in [1.165, 1.54) is 17.0 Å². The van der Waals surface area contributed by atoms with Crippen molar-refractivity contribution >= 4 is 17.3 Å². The van der Waals surface area contributed by atoms with Gasteiger partial charge in [0, 0.05) is 30.9 Å². The van der Waals surface area contributed by atoms with E-state index in [-0.39, 0.29) is 43.2 Å². The van der Waals surface area contributed by atoms with Crippen LogP contribution in [0, 0.1) is 10.1 Å². The Morgan fingerprint density at radius 2 is 1.89 bits per heavy atom. The summed E-state index contributed by atoms with van der Waals surface area (Å²) in [4.78, 5) is 23.3. The molecule has 0 spiro atoms. The van der Waals surface area contributed by atoms with Crippen LogP contribution in [0.5, 0.6) is 0 Å². The normalized spacial score (nSPS) is 10.2. The molecule has 0 atom stereocenters. The lowest BCUT2D eigenvalue weighted by Gasteiger charge is -2.21.